The van der Waals surface area contributed by atoms with Gasteiger partial charge >= 0.3 is 25.0 Å². The van der Waals surface area contributed by atoms with Crippen LogP contribution >= 0.6 is 39.1 Å². The van der Waals surface area contributed by atoms with Crippen molar-refractivity contribution in [1.82, 2.24) is 19.9 Å². The Labute approximate surface area is 210 Å². The summed E-state index contributed by atoms with van der Waals surface area (Å²) in [6, 6.07) is 0. The molecule has 0 radical (unpaired) electrons. The van der Waals surface area contributed by atoms with E-state index in [9.17, 15) is 23.1 Å². The summed E-state index contributed by atoms with van der Waals surface area (Å²) in [6.45, 7) is 9.54. The molecule has 0 unspecified atom stereocenters. The molecule has 0 saturated carbocycles. The molecule has 0 amide bonds. The van der Waals surface area contributed by atoms with Crippen LogP contribution in [-0.2, 0) is 10.4 Å². The third kappa shape index (κ3) is 20.9. The fourth-order valence-corrected chi connectivity index (χ4v) is 1.32. The van der Waals surface area contributed by atoms with Crippen molar-refractivity contribution in [2.75, 3.05) is 0 Å². The van der Waals surface area contributed by atoms with Crippen LogP contribution in [0.2, 0.25) is 10.6 Å². The summed E-state index contributed by atoms with van der Waals surface area (Å²) in [4.78, 5) is 24.2. The number of aliphatic hydroxyl groups is 1. The SMILES string of the molecule is CC(=O)C(F)(F)F.CC(C)(O)c1cnc(Cl)nc1.Clc1ncc(Br)cn1.[CH2-]CCC.[Li+]. The van der Waals surface area contributed by atoms with Gasteiger partial charge in [0.25, 0.3) is 0 Å². The van der Waals surface area contributed by atoms with Crippen molar-refractivity contribution in [1.29, 1.82) is 0 Å². The second kappa shape index (κ2) is 17.8. The van der Waals surface area contributed by atoms with Gasteiger partial charge in [0.2, 0.25) is 16.4 Å². The average Bonchev–Trinajstić information content (AvgIpc) is 2.64. The second-order valence-electron chi connectivity index (χ2n) is 5.88. The number of aromatic nitrogens is 4. The Balaban J connectivity index is -0.000000353. The third-order valence-corrected chi connectivity index (χ3v) is 3.47. The molecule has 2 aromatic rings. The van der Waals surface area contributed by atoms with Gasteiger partial charge < -0.3 is 12.0 Å². The number of carbonyl (C=O) groups excluding carboxylic acids is 1. The van der Waals surface area contributed by atoms with Gasteiger partial charge in [0.1, 0.15) is 0 Å². The molecule has 0 spiro atoms. The summed E-state index contributed by atoms with van der Waals surface area (Å²) < 4.78 is 33.3. The molecule has 2 aromatic heterocycles. The van der Waals surface area contributed by atoms with Gasteiger partial charge in [0, 0.05) is 37.3 Å². The largest absolute Gasteiger partial charge is 1.00 e. The van der Waals surface area contributed by atoms with Gasteiger partial charge in [0.15, 0.2) is 0 Å². The summed E-state index contributed by atoms with van der Waals surface area (Å²) in [5, 5.41) is 9.92. The molecule has 2 rings (SSSR count). The van der Waals surface area contributed by atoms with E-state index < -0.39 is 17.6 Å². The van der Waals surface area contributed by atoms with Gasteiger partial charge in [-0.15, -0.1) is 0 Å². The topological polar surface area (TPSA) is 88.9 Å². The van der Waals surface area contributed by atoms with E-state index in [0.717, 1.165) is 10.9 Å². The number of nitrogens with zero attached hydrogens (tertiary/aromatic N) is 4. The van der Waals surface area contributed by atoms with Crippen LogP contribution in [0.1, 0.15) is 46.1 Å². The van der Waals surface area contributed by atoms with Gasteiger partial charge in [-0.25, -0.2) is 19.9 Å². The van der Waals surface area contributed by atoms with Gasteiger partial charge in [-0.05, 0) is 53.0 Å². The molecular weight excluding hydrogens is 519 g/mol. The van der Waals surface area contributed by atoms with E-state index in [4.69, 9.17) is 23.2 Å². The Kier molecular flexibility index (Phi) is 20.0. The van der Waals surface area contributed by atoms with E-state index in [1.807, 2.05) is 0 Å². The first-order valence-electron chi connectivity index (χ1n) is 8.35. The van der Waals surface area contributed by atoms with Crippen LogP contribution in [0, 0.1) is 6.92 Å². The Bertz CT molecular complexity index is 710. The molecule has 0 bridgehead atoms. The number of ketones is 1. The molecule has 0 atom stereocenters. The number of Topliss-reactive ketones (excluding diaryl/α,β-unsaturated/α-hetero) is 1. The van der Waals surface area contributed by atoms with Crippen LogP contribution in [0.25, 0.3) is 0 Å². The molecule has 31 heavy (non-hydrogen) atoms. The van der Waals surface area contributed by atoms with Crippen molar-refractivity contribution in [3.05, 3.63) is 52.3 Å². The van der Waals surface area contributed by atoms with Gasteiger partial charge in [-0.1, -0.05) is 13.3 Å². The third-order valence-electron chi connectivity index (χ3n) is 2.67. The molecule has 170 valence electrons. The number of rotatable bonds is 2. The van der Waals surface area contributed by atoms with Crippen LogP contribution in [-0.4, -0.2) is 37.0 Å². The summed E-state index contributed by atoms with van der Waals surface area (Å²) in [6.07, 6.45) is 3.84. The molecule has 0 aliphatic carbocycles. The molecular formula is C18H23BrCl2F3LiN4O2. The van der Waals surface area contributed by atoms with Gasteiger partial charge in [0.05, 0.1) is 10.1 Å². The van der Waals surface area contributed by atoms with Crippen LogP contribution < -0.4 is 18.9 Å². The van der Waals surface area contributed by atoms with Crippen molar-refractivity contribution in [2.45, 2.75) is 52.3 Å². The monoisotopic (exact) mass is 540 g/mol. The fraction of sp³-hybridized carbons (Fsp3) is 0.444. The van der Waals surface area contributed by atoms with Gasteiger partial charge in [-0.3, -0.25) is 4.79 Å². The van der Waals surface area contributed by atoms with Crippen molar-refractivity contribution < 1.29 is 41.9 Å². The summed E-state index contributed by atoms with van der Waals surface area (Å²) in [7, 11) is 0. The Hall–Kier alpha value is -0.763. The van der Waals surface area contributed by atoms with Crippen LogP contribution in [0.4, 0.5) is 13.2 Å². The second-order valence-corrected chi connectivity index (χ2v) is 7.47. The number of hydrogen-bond donors (Lipinski definition) is 1. The van der Waals surface area contributed by atoms with Crippen molar-refractivity contribution >= 4 is 44.9 Å². The molecule has 0 aliphatic heterocycles. The molecule has 1 N–H and O–H groups in total. The molecule has 6 nitrogen and oxygen atoms in total. The molecule has 0 fully saturated rings. The average molecular weight is 542 g/mol. The Morgan fingerprint density at radius 3 is 1.55 bits per heavy atom. The quantitative estimate of drug-likeness (QED) is 0.357. The van der Waals surface area contributed by atoms with E-state index >= 15 is 0 Å². The Morgan fingerprint density at radius 2 is 1.35 bits per heavy atom. The minimum atomic E-state index is -4.64. The van der Waals surface area contributed by atoms with Crippen LogP contribution in [0.5, 0.6) is 0 Å². The summed E-state index contributed by atoms with van der Waals surface area (Å²) in [5.41, 5.74) is -0.244. The first kappa shape index (κ1) is 34.8. The zero-order valence-electron chi connectivity index (χ0n) is 17.8. The van der Waals surface area contributed by atoms with E-state index in [1.54, 1.807) is 26.2 Å². The maximum atomic E-state index is 10.8. The van der Waals surface area contributed by atoms with Crippen molar-refractivity contribution in [2.24, 2.45) is 0 Å². The van der Waals surface area contributed by atoms with E-state index in [0.29, 0.717) is 12.5 Å². The number of hydrogen-bond acceptors (Lipinski definition) is 6. The number of alkyl halides is 3. The van der Waals surface area contributed by atoms with Crippen molar-refractivity contribution in [3.8, 4) is 0 Å². The van der Waals surface area contributed by atoms with Crippen LogP contribution in [0.15, 0.2) is 29.3 Å². The van der Waals surface area contributed by atoms with Crippen LogP contribution in [0.3, 0.4) is 0 Å². The number of halogens is 6. The predicted molar refractivity (Wildman–Crippen MR) is 114 cm³/mol. The maximum Gasteiger partial charge on any atom is 1.00 e. The van der Waals surface area contributed by atoms with E-state index in [2.05, 4.69) is 49.7 Å². The summed E-state index contributed by atoms with van der Waals surface area (Å²) >= 11 is 14.0. The molecule has 0 aromatic carbocycles. The van der Waals surface area contributed by atoms with Crippen molar-refractivity contribution in [3.63, 3.8) is 0 Å². The first-order valence-corrected chi connectivity index (χ1v) is 9.90. The minimum absolute atomic E-state index is 0. The van der Waals surface area contributed by atoms with E-state index in [1.165, 1.54) is 18.8 Å². The smallest absolute Gasteiger partial charge is 0.386 e. The molecule has 2 heterocycles. The molecule has 0 aliphatic rings. The number of carbonyl (C=O) groups is 1. The van der Waals surface area contributed by atoms with E-state index in [-0.39, 0.29) is 29.4 Å². The predicted octanol–water partition coefficient (Wildman–Crippen LogP) is 3.01. The summed E-state index contributed by atoms with van der Waals surface area (Å²) in [5.74, 6) is -1.76. The normalized spacial score (nSPS) is 10.1. The zero-order chi connectivity index (χ0) is 24.0. The fourth-order valence-electron chi connectivity index (χ4n) is 0.925. The maximum absolute atomic E-state index is 10.8. The Morgan fingerprint density at radius 1 is 1.06 bits per heavy atom. The minimum Gasteiger partial charge on any atom is -0.386 e. The molecule has 0 saturated heterocycles. The first-order chi connectivity index (χ1) is 13.6. The molecule has 13 heteroatoms. The zero-order valence-corrected chi connectivity index (χ0v) is 20.9. The number of unbranched alkanes of at least 4 members (excludes halogenated alkanes) is 1. The standard InChI is InChI=1S/C7H9ClN2O.C4H2BrClN2.C4H9.C3H3F3O.Li/c1-7(2,11)5-3-9-6(8)10-4-5;5-3-1-7-4(6)8-2-3;1-3-4-2;1-2(7)3(4,5)6;/h3-4,11H,1-2H3;1-2H;1,3-4H2,2H3;1H3;/q;;-1;;+1. The van der Waals surface area contributed by atoms with Gasteiger partial charge in [-0.2, -0.15) is 19.6 Å².